The van der Waals surface area contributed by atoms with Gasteiger partial charge in [-0.3, -0.25) is 0 Å². The summed E-state index contributed by atoms with van der Waals surface area (Å²) in [6.07, 6.45) is 2.69. The maximum atomic E-state index is 5.78. The van der Waals surface area contributed by atoms with Gasteiger partial charge in [0.25, 0.3) is 0 Å². The van der Waals surface area contributed by atoms with Crippen LogP contribution >= 0.6 is 0 Å². The van der Waals surface area contributed by atoms with Gasteiger partial charge >= 0.3 is 0 Å². The Morgan fingerprint density at radius 2 is 1.64 bits per heavy atom. The Kier molecular flexibility index (Phi) is 6.01. The molecule has 0 saturated carbocycles. The number of pyridine rings is 1. The molecule has 2 aromatic carbocycles. The number of rotatable bonds is 8. The zero-order valence-corrected chi connectivity index (χ0v) is 14.2. The second-order valence-electron chi connectivity index (χ2n) is 5.80. The number of hydrogen-bond donors (Lipinski definition) is 2. The van der Waals surface area contributed by atoms with E-state index in [2.05, 4.69) is 46.7 Å². The van der Waals surface area contributed by atoms with Crippen LogP contribution in [0.3, 0.4) is 0 Å². The van der Waals surface area contributed by atoms with Gasteiger partial charge in [0, 0.05) is 18.3 Å². The van der Waals surface area contributed by atoms with Crippen molar-refractivity contribution in [1.29, 1.82) is 0 Å². The van der Waals surface area contributed by atoms with Crippen LogP contribution in [0.4, 0.5) is 5.82 Å². The second-order valence-corrected chi connectivity index (χ2v) is 5.80. The van der Waals surface area contributed by atoms with Gasteiger partial charge in [0.15, 0.2) is 0 Å². The highest BCUT2D eigenvalue weighted by Crippen LogP contribution is 2.15. The van der Waals surface area contributed by atoms with Gasteiger partial charge in [0.2, 0.25) is 0 Å². The molecule has 128 valence electrons. The van der Waals surface area contributed by atoms with E-state index in [1.165, 1.54) is 11.1 Å². The summed E-state index contributed by atoms with van der Waals surface area (Å²) < 4.78 is 5.78. The lowest BCUT2D eigenvalue weighted by Gasteiger charge is -2.11. The lowest BCUT2D eigenvalue weighted by molar-refractivity contribution is 0.332. The van der Waals surface area contributed by atoms with E-state index in [1.807, 2.05) is 30.3 Å². The fourth-order valence-corrected chi connectivity index (χ4v) is 2.64. The van der Waals surface area contributed by atoms with Gasteiger partial charge < -0.3 is 15.8 Å². The normalized spacial score (nSPS) is 10.4. The first-order valence-corrected chi connectivity index (χ1v) is 8.48. The highest BCUT2D eigenvalue weighted by atomic mass is 16.5. The van der Waals surface area contributed by atoms with Crippen LogP contribution in [-0.2, 0) is 13.0 Å². The Balaban J connectivity index is 1.46. The third-order valence-electron chi connectivity index (χ3n) is 3.95. The summed E-state index contributed by atoms with van der Waals surface area (Å²) in [5.74, 6) is 1.70. The third kappa shape index (κ3) is 5.06. The van der Waals surface area contributed by atoms with E-state index < -0.39 is 0 Å². The maximum absolute atomic E-state index is 5.78. The van der Waals surface area contributed by atoms with Crippen molar-refractivity contribution in [3.63, 3.8) is 0 Å². The van der Waals surface area contributed by atoms with Gasteiger partial charge in [-0.05, 0) is 35.7 Å². The quantitative estimate of drug-likeness (QED) is 0.618. The number of aromatic nitrogens is 1. The molecule has 0 radical (unpaired) electrons. The molecule has 25 heavy (non-hydrogen) atoms. The minimum Gasteiger partial charge on any atom is -0.492 e. The SMILES string of the molecule is NCc1cccnc1NCCOc1ccc(Cc2ccccc2)cc1. The molecule has 1 heterocycles. The number of ether oxygens (including phenoxy) is 1. The van der Waals surface area contributed by atoms with Crippen molar-refractivity contribution in [2.75, 3.05) is 18.5 Å². The topological polar surface area (TPSA) is 60.2 Å². The summed E-state index contributed by atoms with van der Waals surface area (Å²) in [6, 6.07) is 22.6. The van der Waals surface area contributed by atoms with Crippen molar-refractivity contribution in [3.05, 3.63) is 89.6 Å². The summed E-state index contributed by atoms with van der Waals surface area (Å²) >= 11 is 0. The number of hydrogen-bond acceptors (Lipinski definition) is 4. The highest BCUT2D eigenvalue weighted by Gasteiger charge is 2.01. The molecule has 3 rings (SSSR count). The van der Waals surface area contributed by atoms with Crippen LogP contribution in [0.25, 0.3) is 0 Å². The molecule has 0 aliphatic rings. The van der Waals surface area contributed by atoms with Crippen molar-refractivity contribution in [1.82, 2.24) is 4.98 Å². The molecule has 0 bridgehead atoms. The number of nitrogens with one attached hydrogen (secondary N) is 1. The average Bonchev–Trinajstić information content (AvgIpc) is 2.67. The van der Waals surface area contributed by atoms with Crippen LogP contribution in [0.1, 0.15) is 16.7 Å². The lowest BCUT2D eigenvalue weighted by atomic mass is 10.1. The Labute approximate surface area is 148 Å². The Morgan fingerprint density at radius 3 is 2.40 bits per heavy atom. The molecule has 0 saturated heterocycles. The van der Waals surface area contributed by atoms with Gasteiger partial charge in [0.05, 0.1) is 6.54 Å². The van der Waals surface area contributed by atoms with Gasteiger partial charge in [-0.1, -0.05) is 48.5 Å². The molecule has 0 atom stereocenters. The van der Waals surface area contributed by atoms with E-state index in [0.717, 1.165) is 23.6 Å². The maximum Gasteiger partial charge on any atom is 0.130 e. The Bertz CT molecular complexity index is 773. The highest BCUT2D eigenvalue weighted by molar-refractivity contribution is 5.43. The first kappa shape index (κ1) is 17.0. The number of anilines is 1. The summed E-state index contributed by atoms with van der Waals surface area (Å²) in [7, 11) is 0. The van der Waals surface area contributed by atoms with E-state index in [9.17, 15) is 0 Å². The van der Waals surface area contributed by atoms with E-state index in [-0.39, 0.29) is 0 Å². The summed E-state index contributed by atoms with van der Waals surface area (Å²) in [5, 5.41) is 3.26. The number of benzene rings is 2. The van der Waals surface area contributed by atoms with Crippen molar-refractivity contribution >= 4 is 5.82 Å². The molecule has 0 aliphatic heterocycles. The predicted molar refractivity (Wildman–Crippen MR) is 102 cm³/mol. The third-order valence-corrected chi connectivity index (χ3v) is 3.95. The van der Waals surface area contributed by atoms with Crippen LogP contribution in [0.2, 0.25) is 0 Å². The molecule has 0 spiro atoms. The minimum absolute atomic E-state index is 0.472. The fourth-order valence-electron chi connectivity index (χ4n) is 2.64. The second kappa shape index (κ2) is 8.85. The fraction of sp³-hybridized carbons (Fsp3) is 0.190. The van der Waals surface area contributed by atoms with Crippen LogP contribution in [0, 0.1) is 0 Å². The molecule has 0 unspecified atom stereocenters. The van der Waals surface area contributed by atoms with Crippen LogP contribution in [-0.4, -0.2) is 18.1 Å². The standard InChI is InChI=1S/C21H23N3O/c22-16-19-7-4-12-23-21(19)24-13-14-25-20-10-8-18(9-11-20)15-17-5-2-1-3-6-17/h1-12H,13-16,22H2,(H,23,24). The summed E-state index contributed by atoms with van der Waals surface area (Å²) in [4.78, 5) is 4.30. The summed E-state index contributed by atoms with van der Waals surface area (Å²) in [6.45, 7) is 1.72. The van der Waals surface area contributed by atoms with E-state index in [4.69, 9.17) is 10.5 Å². The number of nitrogens with two attached hydrogens (primary N) is 1. The molecule has 0 amide bonds. The summed E-state index contributed by atoms with van der Waals surface area (Å²) in [5.41, 5.74) is 9.30. The number of nitrogens with zero attached hydrogens (tertiary/aromatic N) is 1. The van der Waals surface area contributed by atoms with Crippen molar-refractivity contribution in [2.45, 2.75) is 13.0 Å². The van der Waals surface area contributed by atoms with Gasteiger partial charge in [-0.25, -0.2) is 4.98 Å². The molecule has 3 aromatic rings. The predicted octanol–water partition coefficient (Wildman–Crippen LogP) is 3.62. The van der Waals surface area contributed by atoms with Crippen LogP contribution in [0.15, 0.2) is 72.9 Å². The molecular weight excluding hydrogens is 310 g/mol. The van der Waals surface area contributed by atoms with Gasteiger partial charge in [-0.2, -0.15) is 0 Å². The van der Waals surface area contributed by atoms with Gasteiger partial charge in [0.1, 0.15) is 18.2 Å². The van der Waals surface area contributed by atoms with E-state index in [1.54, 1.807) is 6.20 Å². The van der Waals surface area contributed by atoms with Crippen molar-refractivity contribution in [2.24, 2.45) is 5.73 Å². The Morgan fingerprint density at radius 1 is 0.880 bits per heavy atom. The van der Waals surface area contributed by atoms with E-state index in [0.29, 0.717) is 19.7 Å². The minimum atomic E-state index is 0.472. The molecular formula is C21H23N3O. The Hall–Kier alpha value is -2.85. The largest absolute Gasteiger partial charge is 0.492 e. The molecule has 4 nitrogen and oxygen atoms in total. The van der Waals surface area contributed by atoms with Crippen molar-refractivity contribution < 1.29 is 4.74 Å². The molecule has 0 fully saturated rings. The first-order valence-electron chi connectivity index (χ1n) is 8.48. The average molecular weight is 333 g/mol. The monoisotopic (exact) mass is 333 g/mol. The van der Waals surface area contributed by atoms with Gasteiger partial charge in [-0.15, -0.1) is 0 Å². The van der Waals surface area contributed by atoms with Crippen molar-refractivity contribution in [3.8, 4) is 5.75 Å². The lowest BCUT2D eigenvalue weighted by Crippen LogP contribution is -2.14. The van der Waals surface area contributed by atoms with Crippen LogP contribution in [0.5, 0.6) is 5.75 Å². The molecule has 1 aromatic heterocycles. The van der Waals surface area contributed by atoms with Crippen LogP contribution < -0.4 is 15.8 Å². The zero-order chi connectivity index (χ0) is 17.3. The molecule has 4 heteroatoms. The zero-order valence-electron chi connectivity index (χ0n) is 14.2. The smallest absolute Gasteiger partial charge is 0.130 e. The molecule has 0 aliphatic carbocycles. The molecule has 3 N–H and O–H groups in total. The first-order chi connectivity index (χ1) is 12.3. The van der Waals surface area contributed by atoms with E-state index >= 15 is 0 Å².